The van der Waals surface area contributed by atoms with Crippen LogP contribution >= 0.6 is 11.5 Å². The van der Waals surface area contributed by atoms with Crippen LogP contribution in [0.25, 0.3) is 0 Å². The Labute approximate surface area is 155 Å². The Balaban J connectivity index is 2.35. The Morgan fingerprint density at radius 3 is 2.62 bits per heavy atom. The van der Waals surface area contributed by atoms with Gasteiger partial charge >= 0.3 is 0 Å². The van der Waals surface area contributed by atoms with Gasteiger partial charge in [0.2, 0.25) is 5.06 Å². The van der Waals surface area contributed by atoms with E-state index in [1.807, 2.05) is 33.8 Å². The second-order valence-corrected chi connectivity index (χ2v) is 7.45. The molecule has 1 heterocycles. The molecule has 0 N–H and O–H groups in total. The zero-order valence-corrected chi connectivity index (χ0v) is 16.1. The number of nitrogens with zero attached hydrogens (tertiary/aromatic N) is 4. The van der Waals surface area contributed by atoms with E-state index in [0.29, 0.717) is 12.2 Å². The maximum Gasteiger partial charge on any atom is 0.218 e. The topological polar surface area (TPSA) is 61.5 Å². The molecule has 0 bridgehead atoms. The Kier molecular flexibility index (Phi) is 5.93. The third-order valence-electron chi connectivity index (χ3n) is 3.58. The highest BCUT2D eigenvalue weighted by Crippen LogP contribution is 2.38. The quantitative estimate of drug-likeness (QED) is 0.543. The molecule has 0 unspecified atom stereocenters. The second-order valence-electron chi connectivity index (χ2n) is 6.71. The van der Waals surface area contributed by atoms with Gasteiger partial charge in [0.25, 0.3) is 0 Å². The second kappa shape index (κ2) is 7.79. The van der Waals surface area contributed by atoms with E-state index in [2.05, 4.69) is 9.37 Å². The molecule has 8 heteroatoms. The van der Waals surface area contributed by atoms with Gasteiger partial charge in [0.05, 0.1) is 12.0 Å². The van der Waals surface area contributed by atoms with Crippen LogP contribution in [0.3, 0.4) is 0 Å². The summed E-state index contributed by atoms with van der Waals surface area (Å²) in [5.74, 6) is -1.81. The lowest BCUT2D eigenvalue weighted by molar-refractivity contribution is 0.444. The van der Waals surface area contributed by atoms with Gasteiger partial charge in [-0.1, -0.05) is 20.8 Å². The van der Waals surface area contributed by atoms with Gasteiger partial charge in [-0.3, -0.25) is 0 Å². The largest absolute Gasteiger partial charge is 0.441 e. The van der Waals surface area contributed by atoms with Gasteiger partial charge in [0.1, 0.15) is 17.3 Å². The SMILES string of the molecule is CCN(C)/C=N\c1cc(F)c(Oc2snc(C(C)(C)C)c2C#N)cc1F. The van der Waals surface area contributed by atoms with E-state index in [9.17, 15) is 14.0 Å². The van der Waals surface area contributed by atoms with E-state index in [4.69, 9.17) is 4.74 Å². The summed E-state index contributed by atoms with van der Waals surface area (Å²) in [6, 6.07) is 3.92. The van der Waals surface area contributed by atoms with Crippen LogP contribution in [0.15, 0.2) is 17.1 Å². The molecule has 0 saturated carbocycles. The molecule has 0 fully saturated rings. The molecule has 0 aliphatic rings. The molecule has 0 aliphatic heterocycles. The predicted molar refractivity (Wildman–Crippen MR) is 98.4 cm³/mol. The van der Waals surface area contributed by atoms with Crippen molar-refractivity contribution in [2.75, 3.05) is 13.6 Å². The summed E-state index contributed by atoms with van der Waals surface area (Å²) in [6.07, 6.45) is 1.42. The summed E-state index contributed by atoms with van der Waals surface area (Å²) in [7, 11) is 1.77. The van der Waals surface area contributed by atoms with Crippen LogP contribution in [-0.2, 0) is 5.41 Å². The number of nitriles is 1. The Bertz CT molecular complexity index is 865. The third-order valence-corrected chi connectivity index (χ3v) is 4.31. The van der Waals surface area contributed by atoms with Gasteiger partial charge in [0.15, 0.2) is 17.4 Å². The molecule has 1 aromatic heterocycles. The van der Waals surface area contributed by atoms with Crippen molar-refractivity contribution in [2.24, 2.45) is 4.99 Å². The highest BCUT2D eigenvalue weighted by Gasteiger charge is 2.26. The number of hydrogen-bond acceptors (Lipinski definition) is 5. The zero-order valence-electron chi connectivity index (χ0n) is 15.3. The highest BCUT2D eigenvalue weighted by atomic mass is 32.1. The van der Waals surface area contributed by atoms with Crippen molar-refractivity contribution >= 4 is 23.6 Å². The summed E-state index contributed by atoms with van der Waals surface area (Å²) in [4.78, 5) is 5.65. The van der Waals surface area contributed by atoms with Crippen LogP contribution in [0.2, 0.25) is 0 Å². The first kappa shape index (κ1) is 19.8. The van der Waals surface area contributed by atoms with E-state index in [1.54, 1.807) is 11.9 Å². The van der Waals surface area contributed by atoms with E-state index in [1.165, 1.54) is 6.34 Å². The molecular formula is C18H20F2N4OS. The predicted octanol–water partition coefficient (Wildman–Crippen LogP) is 4.99. The molecular weight excluding hydrogens is 358 g/mol. The number of aromatic nitrogens is 1. The maximum atomic E-state index is 14.3. The highest BCUT2D eigenvalue weighted by molar-refractivity contribution is 7.08. The molecule has 0 spiro atoms. The normalized spacial score (nSPS) is 11.6. The van der Waals surface area contributed by atoms with Crippen molar-refractivity contribution in [1.29, 1.82) is 5.26 Å². The van der Waals surface area contributed by atoms with E-state index in [0.717, 1.165) is 23.7 Å². The minimum atomic E-state index is -0.771. The lowest BCUT2D eigenvalue weighted by atomic mass is 9.90. The lowest BCUT2D eigenvalue weighted by Gasteiger charge is -2.15. The zero-order chi connectivity index (χ0) is 19.5. The van der Waals surface area contributed by atoms with Gasteiger partial charge in [-0.15, -0.1) is 0 Å². The minimum Gasteiger partial charge on any atom is -0.441 e. The molecule has 2 aromatic rings. The van der Waals surface area contributed by atoms with E-state index < -0.39 is 11.6 Å². The number of aliphatic imine (C=N–C) groups is 1. The van der Waals surface area contributed by atoms with Gasteiger partial charge in [-0.05, 0) is 6.92 Å². The van der Waals surface area contributed by atoms with Crippen molar-refractivity contribution in [3.8, 4) is 16.9 Å². The monoisotopic (exact) mass is 378 g/mol. The van der Waals surface area contributed by atoms with Crippen LogP contribution in [0.1, 0.15) is 39.0 Å². The number of benzene rings is 1. The molecule has 0 saturated heterocycles. The van der Waals surface area contributed by atoms with Crippen molar-refractivity contribution in [1.82, 2.24) is 9.27 Å². The first-order chi connectivity index (χ1) is 12.2. The molecule has 26 heavy (non-hydrogen) atoms. The summed E-state index contributed by atoms with van der Waals surface area (Å²) in [5.41, 5.74) is 0.297. The fourth-order valence-electron chi connectivity index (χ4n) is 1.99. The first-order valence-corrected chi connectivity index (χ1v) is 8.76. The van der Waals surface area contributed by atoms with Crippen LogP contribution in [0.5, 0.6) is 10.8 Å². The number of halogens is 2. The average molecular weight is 378 g/mol. The molecule has 1 aromatic carbocycles. The van der Waals surface area contributed by atoms with Gasteiger partial charge in [-0.2, -0.15) is 9.64 Å². The standard InChI is InChI=1S/C18H20F2N4OS/c1-6-24(5)10-22-14-7-13(20)15(8-12(14)19)25-17-11(9-21)16(23-26-17)18(2,3)4/h7-8,10H,6H2,1-5H3/b22-10-. The molecule has 0 aliphatic carbocycles. The van der Waals surface area contributed by atoms with E-state index in [-0.39, 0.29) is 27.5 Å². The van der Waals surface area contributed by atoms with Crippen LogP contribution in [0, 0.1) is 23.0 Å². The molecule has 0 amide bonds. The molecule has 0 atom stereocenters. The summed E-state index contributed by atoms with van der Waals surface area (Å²) in [6.45, 7) is 8.33. The van der Waals surface area contributed by atoms with Gasteiger partial charge in [-0.25, -0.2) is 13.8 Å². The Morgan fingerprint density at radius 1 is 1.35 bits per heavy atom. The average Bonchev–Trinajstić information content (AvgIpc) is 2.99. The third kappa shape index (κ3) is 4.35. The summed E-state index contributed by atoms with van der Waals surface area (Å²) >= 11 is 0.938. The van der Waals surface area contributed by atoms with Crippen LogP contribution < -0.4 is 4.74 Å². The summed E-state index contributed by atoms with van der Waals surface area (Å²) < 4.78 is 38.2. The first-order valence-electron chi connectivity index (χ1n) is 7.99. The maximum absolute atomic E-state index is 14.3. The number of ether oxygens (including phenoxy) is 1. The smallest absolute Gasteiger partial charge is 0.218 e. The summed E-state index contributed by atoms with van der Waals surface area (Å²) in [5, 5.41) is 9.52. The molecule has 0 radical (unpaired) electrons. The number of rotatable bonds is 5. The van der Waals surface area contributed by atoms with Crippen LogP contribution in [0.4, 0.5) is 14.5 Å². The van der Waals surface area contributed by atoms with Gasteiger partial charge in [0, 0.05) is 42.7 Å². The van der Waals surface area contributed by atoms with Gasteiger partial charge < -0.3 is 9.64 Å². The molecule has 5 nitrogen and oxygen atoms in total. The molecule has 138 valence electrons. The fraction of sp³-hybridized carbons (Fsp3) is 0.389. The number of hydrogen-bond donors (Lipinski definition) is 0. The fourth-order valence-corrected chi connectivity index (χ4v) is 2.89. The van der Waals surface area contributed by atoms with Crippen molar-refractivity contribution in [2.45, 2.75) is 33.1 Å². The Hall–Kier alpha value is -2.53. The minimum absolute atomic E-state index is 0.129. The van der Waals surface area contributed by atoms with Crippen LogP contribution in [-0.4, -0.2) is 29.2 Å². The van der Waals surface area contributed by atoms with Crippen molar-refractivity contribution in [3.05, 3.63) is 35.0 Å². The Morgan fingerprint density at radius 2 is 2.04 bits per heavy atom. The lowest BCUT2D eigenvalue weighted by Crippen LogP contribution is -2.14. The van der Waals surface area contributed by atoms with E-state index >= 15 is 0 Å². The molecule has 2 rings (SSSR count). The van der Waals surface area contributed by atoms with Crippen molar-refractivity contribution < 1.29 is 13.5 Å². The van der Waals surface area contributed by atoms with Crippen molar-refractivity contribution in [3.63, 3.8) is 0 Å².